The number of nitriles is 1. The van der Waals surface area contributed by atoms with Gasteiger partial charge in [0.1, 0.15) is 0 Å². The molecule has 0 spiro atoms. The summed E-state index contributed by atoms with van der Waals surface area (Å²) in [6, 6.07) is 10.3. The van der Waals surface area contributed by atoms with E-state index in [2.05, 4.69) is 34.0 Å². The maximum atomic E-state index is 9.05. The molecule has 23 heavy (non-hydrogen) atoms. The minimum atomic E-state index is -0.0904. The highest BCUT2D eigenvalue weighted by Crippen LogP contribution is 2.28. The number of allylic oxidation sites excluding steroid dienone is 1. The lowest BCUT2D eigenvalue weighted by atomic mass is 9.96. The van der Waals surface area contributed by atoms with E-state index in [4.69, 9.17) is 16.6 Å². The van der Waals surface area contributed by atoms with E-state index in [1.54, 1.807) is 0 Å². The van der Waals surface area contributed by atoms with Gasteiger partial charge in [0.2, 0.25) is 0 Å². The van der Waals surface area contributed by atoms with Crippen molar-refractivity contribution < 1.29 is 4.74 Å². The topological polar surface area (TPSA) is 40.6 Å². The van der Waals surface area contributed by atoms with Crippen molar-refractivity contribution in [1.82, 2.24) is 0 Å². The third kappa shape index (κ3) is 4.45. The van der Waals surface area contributed by atoms with Crippen molar-refractivity contribution in [2.24, 2.45) is 0 Å². The maximum Gasteiger partial charge on any atom is 0.261 e. The molecule has 2 atom stereocenters. The van der Waals surface area contributed by atoms with Gasteiger partial charge < -0.3 is 9.64 Å². The first kappa shape index (κ1) is 16.8. The van der Waals surface area contributed by atoms with Crippen molar-refractivity contribution in [3.8, 4) is 6.07 Å². The molecule has 1 heterocycles. The third-order valence-corrected chi connectivity index (χ3v) is 3.85. The monoisotopic (exact) mass is 307 g/mol. The fraction of sp³-hybridized carbons (Fsp3) is 0.368. The summed E-state index contributed by atoms with van der Waals surface area (Å²) in [6.07, 6.45) is 5.25. The van der Waals surface area contributed by atoms with Crippen LogP contribution in [0.1, 0.15) is 25.3 Å². The molecule has 1 aliphatic rings. The summed E-state index contributed by atoms with van der Waals surface area (Å²) in [5.74, 6) is 0. The van der Waals surface area contributed by atoms with Crippen LogP contribution in [0.5, 0.6) is 0 Å². The van der Waals surface area contributed by atoms with Crippen LogP contribution in [0, 0.1) is 17.9 Å². The number of benzene rings is 1. The number of ether oxygens (including phenoxy) is 1. The van der Waals surface area contributed by atoms with Crippen molar-refractivity contribution in [3.63, 3.8) is 0 Å². The molecule has 2 rings (SSSR count). The van der Waals surface area contributed by atoms with Crippen molar-refractivity contribution in [1.29, 1.82) is 5.26 Å². The largest absolute Gasteiger partial charge is 0.378 e. The first-order valence-corrected chi connectivity index (χ1v) is 7.64. The Kier molecular flexibility index (Phi) is 5.57. The average Bonchev–Trinajstić information content (AvgIpc) is 2.54. The van der Waals surface area contributed by atoms with E-state index < -0.39 is 0 Å². The second-order valence-electron chi connectivity index (χ2n) is 5.91. The van der Waals surface area contributed by atoms with Gasteiger partial charge in [-0.25, -0.2) is 10.1 Å². The molecule has 0 aromatic heterocycles. The molecule has 0 aliphatic carbocycles. The molecule has 1 aromatic carbocycles. The Morgan fingerprint density at radius 3 is 2.61 bits per heavy atom. The van der Waals surface area contributed by atoms with E-state index in [0.717, 1.165) is 16.8 Å². The van der Waals surface area contributed by atoms with Gasteiger partial charge in [0, 0.05) is 19.8 Å². The van der Waals surface area contributed by atoms with Crippen LogP contribution >= 0.6 is 0 Å². The fourth-order valence-electron chi connectivity index (χ4n) is 2.66. The minimum absolute atomic E-state index is 0.0228. The molecule has 1 fully saturated rings. The predicted molar refractivity (Wildman–Crippen MR) is 92.6 cm³/mol. The van der Waals surface area contributed by atoms with Gasteiger partial charge in [-0.1, -0.05) is 24.3 Å². The lowest BCUT2D eigenvalue weighted by Crippen LogP contribution is -2.25. The van der Waals surface area contributed by atoms with Gasteiger partial charge in [0.05, 0.1) is 24.8 Å². The predicted octanol–water partition coefficient (Wildman–Crippen LogP) is 4.03. The average molecular weight is 307 g/mol. The summed E-state index contributed by atoms with van der Waals surface area (Å²) >= 11 is 0. The Balaban J connectivity index is 2.11. The van der Waals surface area contributed by atoms with Crippen LogP contribution in [0.15, 0.2) is 41.6 Å². The number of rotatable bonds is 3. The smallest absolute Gasteiger partial charge is 0.261 e. The van der Waals surface area contributed by atoms with E-state index in [-0.39, 0.29) is 17.9 Å². The summed E-state index contributed by atoms with van der Waals surface area (Å²) in [7, 11) is 4.03. The quantitative estimate of drug-likeness (QED) is 0.625. The van der Waals surface area contributed by atoms with Crippen LogP contribution in [0.3, 0.4) is 0 Å². The van der Waals surface area contributed by atoms with Crippen molar-refractivity contribution in [2.45, 2.75) is 32.0 Å². The van der Waals surface area contributed by atoms with Crippen LogP contribution in [-0.4, -0.2) is 26.3 Å². The second-order valence-corrected chi connectivity index (χ2v) is 5.91. The standard InChI is InChI=1S/C19H21N3O/c1-14-11-16(19(13-20)21-2)12-18(23-14)10-7-15-5-8-17(9-6-15)22(3)4/h5-10,14,18H,11-12H2,1,3-4H3. The van der Waals surface area contributed by atoms with Gasteiger partial charge in [0.25, 0.3) is 5.70 Å². The van der Waals surface area contributed by atoms with Gasteiger partial charge in [-0.3, -0.25) is 0 Å². The molecule has 0 N–H and O–H groups in total. The SMILES string of the molecule is [C-]#[N+]C(C#N)=C1CC(C)OC(C=Cc2ccc(N(C)C)cc2)C1. The number of anilines is 1. The van der Waals surface area contributed by atoms with Gasteiger partial charge in [-0.2, -0.15) is 0 Å². The van der Waals surface area contributed by atoms with E-state index in [9.17, 15) is 0 Å². The molecule has 1 aromatic rings. The number of hydrogen-bond acceptors (Lipinski definition) is 3. The zero-order chi connectivity index (χ0) is 16.8. The molecule has 1 saturated heterocycles. The van der Waals surface area contributed by atoms with Crippen LogP contribution in [0.2, 0.25) is 0 Å². The summed E-state index contributed by atoms with van der Waals surface area (Å²) < 4.78 is 5.90. The first-order valence-electron chi connectivity index (χ1n) is 7.64. The zero-order valence-electron chi connectivity index (χ0n) is 13.8. The molecule has 1 aliphatic heterocycles. The molecular formula is C19H21N3O. The molecule has 0 radical (unpaired) electrons. The molecule has 0 bridgehead atoms. The van der Waals surface area contributed by atoms with Crippen molar-refractivity contribution in [3.05, 3.63) is 58.6 Å². The van der Waals surface area contributed by atoms with Crippen LogP contribution in [0.25, 0.3) is 10.9 Å². The van der Waals surface area contributed by atoms with Crippen LogP contribution in [-0.2, 0) is 4.74 Å². The molecule has 118 valence electrons. The maximum absolute atomic E-state index is 9.05. The van der Waals surface area contributed by atoms with E-state index in [1.807, 2.05) is 39.2 Å². The highest BCUT2D eigenvalue weighted by molar-refractivity contribution is 5.56. The summed E-state index contributed by atoms with van der Waals surface area (Å²) in [4.78, 5) is 5.39. The van der Waals surface area contributed by atoms with E-state index in [0.29, 0.717) is 12.8 Å². The highest BCUT2D eigenvalue weighted by atomic mass is 16.5. The Hall–Kier alpha value is -2.56. The second kappa shape index (κ2) is 7.63. The molecule has 4 nitrogen and oxygen atoms in total. The summed E-state index contributed by atoms with van der Waals surface area (Å²) in [5, 5.41) is 9.05. The Labute approximate surface area is 138 Å². The zero-order valence-corrected chi connectivity index (χ0v) is 13.8. The lowest BCUT2D eigenvalue weighted by Gasteiger charge is -2.28. The minimum Gasteiger partial charge on any atom is -0.378 e. The van der Waals surface area contributed by atoms with E-state index >= 15 is 0 Å². The lowest BCUT2D eigenvalue weighted by molar-refractivity contribution is 0.00550. The Bertz CT molecular complexity index is 671. The number of hydrogen-bond donors (Lipinski definition) is 0. The fourth-order valence-corrected chi connectivity index (χ4v) is 2.66. The number of nitrogens with zero attached hydrogens (tertiary/aromatic N) is 3. The normalized spacial score (nSPS) is 23.2. The summed E-state index contributed by atoms with van der Waals surface area (Å²) in [6.45, 7) is 9.08. The van der Waals surface area contributed by atoms with Gasteiger partial charge in [-0.15, -0.1) is 0 Å². The molecule has 2 unspecified atom stereocenters. The van der Waals surface area contributed by atoms with Gasteiger partial charge >= 0.3 is 0 Å². The Morgan fingerprint density at radius 1 is 1.35 bits per heavy atom. The highest BCUT2D eigenvalue weighted by Gasteiger charge is 2.23. The van der Waals surface area contributed by atoms with Crippen molar-refractivity contribution in [2.75, 3.05) is 19.0 Å². The molecule has 0 amide bonds. The van der Waals surface area contributed by atoms with Crippen LogP contribution < -0.4 is 4.90 Å². The Morgan fingerprint density at radius 2 is 2.04 bits per heavy atom. The van der Waals surface area contributed by atoms with E-state index in [1.165, 1.54) is 0 Å². The van der Waals surface area contributed by atoms with Crippen molar-refractivity contribution >= 4 is 11.8 Å². The molecular weight excluding hydrogens is 286 g/mol. The van der Waals surface area contributed by atoms with Crippen LogP contribution in [0.4, 0.5) is 5.69 Å². The third-order valence-electron chi connectivity index (χ3n) is 3.85. The molecule has 0 saturated carbocycles. The molecule has 4 heteroatoms. The summed E-state index contributed by atoms with van der Waals surface area (Å²) in [5.41, 5.74) is 3.38. The van der Waals surface area contributed by atoms with Gasteiger partial charge in [-0.05, 0) is 43.0 Å². The van der Waals surface area contributed by atoms with Gasteiger partial charge in [0.15, 0.2) is 0 Å². The first-order chi connectivity index (χ1) is 11.0.